The van der Waals surface area contributed by atoms with Crippen LogP contribution in [0, 0.1) is 0 Å². The summed E-state index contributed by atoms with van der Waals surface area (Å²) in [7, 11) is -2.50. The third kappa shape index (κ3) is 3.36. The van der Waals surface area contributed by atoms with Gasteiger partial charge in [-0.05, 0) is 21.0 Å². The lowest BCUT2D eigenvalue weighted by atomic mass is 10.1. The van der Waals surface area contributed by atoms with Gasteiger partial charge in [0.1, 0.15) is 0 Å². The van der Waals surface area contributed by atoms with Crippen molar-refractivity contribution in [3.8, 4) is 0 Å². The van der Waals surface area contributed by atoms with E-state index in [4.69, 9.17) is 9.16 Å². The molecule has 0 fully saturated rings. The summed E-state index contributed by atoms with van der Waals surface area (Å²) in [6.45, 7) is 7.67. The minimum absolute atomic E-state index is 0.00132. The van der Waals surface area contributed by atoms with Crippen molar-refractivity contribution in [2.45, 2.75) is 44.4 Å². The molecule has 3 heteroatoms. The molecular formula is C24H28O2Si. The molecule has 27 heavy (non-hydrogen) atoms. The van der Waals surface area contributed by atoms with Gasteiger partial charge in [-0.2, -0.15) is 0 Å². The third-order valence-electron chi connectivity index (χ3n) is 5.65. The van der Waals surface area contributed by atoms with Gasteiger partial charge in [0.15, 0.2) is 0 Å². The zero-order chi connectivity index (χ0) is 18.9. The molecule has 0 amide bonds. The average Bonchev–Trinajstić information content (AvgIpc) is 3.09. The molecule has 0 aromatic heterocycles. The van der Waals surface area contributed by atoms with E-state index in [2.05, 4.69) is 99.7 Å². The maximum absolute atomic E-state index is 7.18. The van der Waals surface area contributed by atoms with E-state index in [9.17, 15) is 0 Å². The second-order valence-electron chi connectivity index (χ2n) is 8.45. The molecule has 0 bridgehead atoms. The molecule has 2 aliphatic rings. The first-order chi connectivity index (χ1) is 13.0. The fourth-order valence-electron chi connectivity index (χ4n) is 4.42. The Labute approximate surface area is 163 Å². The van der Waals surface area contributed by atoms with Crippen LogP contribution in [-0.4, -0.2) is 27.1 Å². The highest BCUT2D eigenvalue weighted by Crippen LogP contribution is 2.40. The van der Waals surface area contributed by atoms with Crippen molar-refractivity contribution in [3.05, 3.63) is 84.5 Å². The molecular weight excluding hydrogens is 348 g/mol. The van der Waals surface area contributed by atoms with E-state index < -0.39 is 8.32 Å². The summed E-state index contributed by atoms with van der Waals surface area (Å²) in [6.07, 6.45) is 7.73. The van der Waals surface area contributed by atoms with E-state index in [0.29, 0.717) is 6.61 Å². The molecule has 1 heterocycles. The molecule has 2 aromatic rings. The van der Waals surface area contributed by atoms with Crippen LogP contribution in [0.3, 0.4) is 0 Å². The summed E-state index contributed by atoms with van der Waals surface area (Å²) in [5, 5.41) is 2.65. The van der Waals surface area contributed by atoms with E-state index in [1.807, 2.05) is 0 Å². The number of hydrogen-bond donors (Lipinski definition) is 0. The first kappa shape index (κ1) is 18.4. The Morgan fingerprint density at radius 1 is 0.926 bits per heavy atom. The predicted molar refractivity (Wildman–Crippen MR) is 114 cm³/mol. The van der Waals surface area contributed by atoms with Crippen molar-refractivity contribution < 1.29 is 9.16 Å². The Morgan fingerprint density at radius 2 is 1.52 bits per heavy atom. The lowest BCUT2D eigenvalue weighted by Crippen LogP contribution is -2.67. The summed E-state index contributed by atoms with van der Waals surface area (Å²) in [5.41, 5.74) is 1.27. The van der Waals surface area contributed by atoms with Crippen molar-refractivity contribution in [1.29, 1.82) is 0 Å². The topological polar surface area (TPSA) is 18.5 Å². The van der Waals surface area contributed by atoms with Gasteiger partial charge in [-0.25, -0.2) is 0 Å². The number of ether oxygens (including phenoxy) is 1. The largest absolute Gasteiger partial charge is 0.401 e. The minimum Gasteiger partial charge on any atom is -0.401 e. The first-order valence-corrected chi connectivity index (χ1v) is 11.7. The van der Waals surface area contributed by atoms with Gasteiger partial charge in [0.25, 0.3) is 8.32 Å². The lowest BCUT2D eigenvalue weighted by molar-refractivity contribution is 0.0769. The first-order valence-electron chi connectivity index (χ1n) is 9.79. The molecule has 2 aromatic carbocycles. The van der Waals surface area contributed by atoms with Crippen LogP contribution in [0.2, 0.25) is 5.04 Å². The standard InChI is InChI=1S/C24H28O2Si/c1-24(2,3)27(21-12-6-4-7-13-21,22-14-8-5-9-15-22)26-20-17-19-11-10-16-25-23(19)18-20/h4-15,17,20,23H,16,18H2,1-3H3/t20-,23+/m0/s1. The molecule has 0 saturated heterocycles. The summed E-state index contributed by atoms with van der Waals surface area (Å²) in [4.78, 5) is 0. The average molecular weight is 377 g/mol. The van der Waals surface area contributed by atoms with Crippen LogP contribution in [0.15, 0.2) is 84.5 Å². The predicted octanol–water partition coefficient (Wildman–Crippen LogP) is 4.22. The molecule has 2 atom stereocenters. The van der Waals surface area contributed by atoms with E-state index in [0.717, 1.165) is 6.42 Å². The lowest BCUT2D eigenvalue weighted by Gasteiger charge is -2.44. The third-order valence-corrected chi connectivity index (χ3v) is 10.7. The maximum Gasteiger partial charge on any atom is 0.261 e. The molecule has 0 unspecified atom stereocenters. The van der Waals surface area contributed by atoms with Crippen LogP contribution < -0.4 is 10.4 Å². The molecule has 4 rings (SSSR count). The molecule has 2 nitrogen and oxygen atoms in total. The zero-order valence-electron chi connectivity index (χ0n) is 16.4. The van der Waals surface area contributed by atoms with Crippen molar-refractivity contribution in [1.82, 2.24) is 0 Å². The van der Waals surface area contributed by atoms with Crippen LogP contribution in [0.5, 0.6) is 0 Å². The molecule has 0 radical (unpaired) electrons. The summed E-state index contributed by atoms with van der Waals surface area (Å²) < 4.78 is 13.1. The Balaban J connectivity index is 1.81. The Bertz CT molecular complexity index is 794. The fraction of sp³-hybridized carbons (Fsp3) is 0.333. The Kier molecular flexibility index (Phi) is 4.93. The highest BCUT2D eigenvalue weighted by Gasteiger charge is 2.52. The molecule has 0 saturated carbocycles. The van der Waals surface area contributed by atoms with Crippen LogP contribution in [0.1, 0.15) is 27.2 Å². The fourth-order valence-corrected chi connectivity index (χ4v) is 9.05. The SMILES string of the molecule is CC(C)(C)[Si](O[C@H]1C=C2C=CCO[C@@H]2C1)(c1ccccc1)c1ccccc1. The highest BCUT2D eigenvalue weighted by molar-refractivity contribution is 6.99. The van der Waals surface area contributed by atoms with Gasteiger partial charge in [0.2, 0.25) is 0 Å². The van der Waals surface area contributed by atoms with Crippen molar-refractivity contribution >= 4 is 18.7 Å². The van der Waals surface area contributed by atoms with Gasteiger partial charge < -0.3 is 9.16 Å². The monoisotopic (exact) mass is 376 g/mol. The molecule has 140 valence electrons. The summed E-state index contributed by atoms with van der Waals surface area (Å²) in [5.74, 6) is 0. The van der Waals surface area contributed by atoms with Crippen LogP contribution >= 0.6 is 0 Å². The van der Waals surface area contributed by atoms with E-state index in [1.165, 1.54) is 15.9 Å². The number of rotatable bonds is 4. The molecule has 1 aliphatic heterocycles. The van der Waals surface area contributed by atoms with Gasteiger partial charge in [0, 0.05) is 6.42 Å². The van der Waals surface area contributed by atoms with E-state index >= 15 is 0 Å². The van der Waals surface area contributed by atoms with Gasteiger partial charge in [-0.15, -0.1) is 0 Å². The molecule has 1 aliphatic carbocycles. The Hall–Kier alpha value is -1.94. The van der Waals surface area contributed by atoms with E-state index in [-0.39, 0.29) is 17.2 Å². The van der Waals surface area contributed by atoms with Crippen molar-refractivity contribution in [2.24, 2.45) is 0 Å². The summed E-state index contributed by atoms with van der Waals surface area (Å²) >= 11 is 0. The quantitative estimate of drug-likeness (QED) is 0.744. The normalized spacial score (nSPS) is 22.4. The highest BCUT2D eigenvalue weighted by atomic mass is 28.4. The van der Waals surface area contributed by atoms with Gasteiger partial charge in [-0.1, -0.05) is 99.7 Å². The van der Waals surface area contributed by atoms with Crippen LogP contribution in [0.4, 0.5) is 0 Å². The zero-order valence-corrected chi connectivity index (χ0v) is 17.4. The second kappa shape index (κ2) is 7.23. The van der Waals surface area contributed by atoms with E-state index in [1.54, 1.807) is 0 Å². The van der Waals surface area contributed by atoms with Gasteiger partial charge in [0.05, 0.1) is 18.8 Å². The number of fused-ring (bicyclic) bond motifs is 1. The minimum atomic E-state index is -2.50. The smallest absolute Gasteiger partial charge is 0.261 e. The van der Waals surface area contributed by atoms with Gasteiger partial charge >= 0.3 is 0 Å². The van der Waals surface area contributed by atoms with Crippen molar-refractivity contribution in [2.75, 3.05) is 6.61 Å². The Morgan fingerprint density at radius 3 is 2.04 bits per heavy atom. The maximum atomic E-state index is 7.18. The van der Waals surface area contributed by atoms with Crippen LogP contribution in [0.25, 0.3) is 0 Å². The number of hydrogen-bond acceptors (Lipinski definition) is 2. The summed E-state index contributed by atoms with van der Waals surface area (Å²) in [6, 6.07) is 21.7. The second-order valence-corrected chi connectivity index (χ2v) is 12.7. The molecule has 0 spiro atoms. The van der Waals surface area contributed by atoms with Crippen molar-refractivity contribution in [3.63, 3.8) is 0 Å². The van der Waals surface area contributed by atoms with Crippen LogP contribution in [-0.2, 0) is 9.16 Å². The molecule has 0 N–H and O–H groups in total. The number of benzene rings is 2. The van der Waals surface area contributed by atoms with Gasteiger partial charge in [-0.3, -0.25) is 0 Å².